The lowest BCUT2D eigenvalue weighted by Gasteiger charge is -2.12. The second-order valence-electron chi connectivity index (χ2n) is 6.12. The number of anilines is 1. The third-order valence-electron chi connectivity index (χ3n) is 4.04. The molecule has 1 heterocycles. The van der Waals surface area contributed by atoms with E-state index in [1.807, 2.05) is 0 Å². The number of non-ortho nitro benzene ring substituents is 1. The molecule has 1 amide bonds. The lowest BCUT2D eigenvalue weighted by Crippen LogP contribution is -2.27. The van der Waals surface area contributed by atoms with E-state index < -0.39 is 28.2 Å². The van der Waals surface area contributed by atoms with Gasteiger partial charge in [0.05, 0.1) is 22.9 Å². The molecule has 0 aliphatic carbocycles. The molecule has 0 fully saturated rings. The van der Waals surface area contributed by atoms with E-state index in [1.54, 1.807) is 6.92 Å². The number of amides is 1. The average Bonchev–Trinajstić information content (AvgIpc) is 2.75. The van der Waals surface area contributed by atoms with Crippen molar-refractivity contribution in [3.63, 3.8) is 0 Å². The molecule has 158 valence electrons. The number of nitro groups is 1. The first kappa shape index (κ1) is 21.3. The highest BCUT2D eigenvalue weighted by Gasteiger charge is 2.21. The summed E-state index contributed by atoms with van der Waals surface area (Å²) >= 11 is 0. The van der Waals surface area contributed by atoms with Gasteiger partial charge in [0.15, 0.2) is 5.69 Å². The van der Waals surface area contributed by atoms with Crippen molar-refractivity contribution in [2.75, 3.05) is 11.9 Å². The summed E-state index contributed by atoms with van der Waals surface area (Å²) in [7, 11) is 0. The van der Waals surface area contributed by atoms with Gasteiger partial charge in [-0.15, -0.1) is 0 Å². The van der Waals surface area contributed by atoms with E-state index in [-0.39, 0.29) is 34.9 Å². The minimum atomic E-state index is -0.910. The molecular weight excluding hydrogens is 411 g/mol. The summed E-state index contributed by atoms with van der Waals surface area (Å²) in [6.07, 6.45) is 0. The van der Waals surface area contributed by atoms with Gasteiger partial charge in [0.2, 0.25) is 0 Å². The highest BCUT2D eigenvalue weighted by atomic mass is 19.1. The Morgan fingerprint density at radius 3 is 2.55 bits per heavy atom. The molecule has 10 nitrogen and oxygen atoms in total. The quantitative estimate of drug-likeness (QED) is 0.364. The zero-order chi connectivity index (χ0) is 22.5. The SMILES string of the molecule is CCOC(=O)c1nn(-c2ccc(F)cc2)c(=O)cc1NC(=O)c1cccc([N+](=O)[O-])c1. The number of hydrogen-bond acceptors (Lipinski definition) is 7. The fourth-order valence-corrected chi connectivity index (χ4v) is 2.62. The summed E-state index contributed by atoms with van der Waals surface area (Å²) in [4.78, 5) is 47.7. The van der Waals surface area contributed by atoms with Crippen LogP contribution in [0.2, 0.25) is 0 Å². The molecule has 1 N–H and O–H groups in total. The Balaban J connectivity index is 2.03. The molecule has 0 radical (unpaired) electrons. The Morgan fingerprint density at radius 2 is 1.90 bits per heavy atom. The molecule has 0 saturated heterocycles. The van der Waals surface area contributed by atoms with Gasteiger partial charge in [0.25, 0.3) is 17.2 Å². The second kappa shape index (κ2) is 8.95. The van der Waals surface area contributed by atoms with Gasteiger partial charge in [-0.3, -0.25) is 19.7 Å². The summed E-state index contributed by atoms with van der Waals surface area (Å²) in [6.45, 7) is 1.57. The number of halogens is 1. The van der Waals surface area contributed by atoms with Crippen molar-refractivity contribution in [2.45, 2.75) is 6.92 Å². The molecule has 0 aliphatic heterocycles. The zero-order valence-corrected chi connectivity index (χ0v) is 16.1. The minimum Gasteiger partial charge on any atom is -0.461 e. The molecule has 3 aromatic rings. The van der Waals surface area contributed by atoms with E-state index in [0.717, 1.165) is 28.9 Å². The molecule has 0 saturated carbocycles. The van der Waals surface area contributed by atoms with E-state index >= 15 is 0 Å². The van der Waals surface area contributed by atoms with Crippen LogP contribution in [0.15, 0.2) is 59.4 Å². The van der Waals surface area contributed by atoms with Crippen LogP contribution in [-0.2, 0) is 4.74 Å². The van der Waals surface area contributed by atoms with Gasteiger partial charge in [0, 0.05) is 23.8 Å². The van der Waals surface area contributed by atoms with E-state index in [0.29, 0.717) is 0 Å². The monoisotopic (exact) mass is 426 g/mol. The summed E-state index contributed by atoms with van der Waals surface area (Å²) in [5, 5.41) is 17.3. The van der Waals surface area contributed by atoms with E-state index in [2.05, 4.69) is 10.4 Å². The van der Waals surface area contributed by atoms with E-state index in [4.69, 9.17) is 4.74 Å². The van der Waals surface area contributed by atoms with Crippen molar-refractivity contribution >= 4 is 23.3 Å². The van der Waals surface area contributed by atoms with Crippen LogP contribution >= 0.6 is 0 Å². The van der Waals surface area contributed by atoms with Crippen molar-refractivity contribution in [2.24, 2.45) is 0 Å². The number of carbonyl (C=O) groups is 2. The van der Waals surface area contributed by atoms with Gasteiger partial charge in [-0.1, -0.05) is 6.07 Å². The maximum Gasteiger partial charge on any atom is 0.360 e. The Labute approximate surface area is 174 Å². The molecule has 0 bridgehead atoms. The molecule has 1 aromatic heterocycles. The van der Waals surface area contributed by atoms with Crippen LogP contribution in [0.5, 0.6) is 0 Å². The maximum absolute atomic E-state index is 13.2. The molecule has 3 rings (SSSR count). The first-order valence-electron chi connectivity index (χ1n) is 8.93. The van der Waals surface area contributed by atoms with Crippen LogP contribution in [0, 0.1) is 15.9 Å². The van der Waals surface area contributed by atoms with E-state index in [1.165, 1.54) is 30.3 Å². The van der Waals surface area contributed by atoms with Gasteiger partial charge >= 0.3 is 5.97 Å². The molecule has 31 heavy (non-hydrogen) atoms. The van der Waals surface area contributed by atoms with Crippen molar-refractivity contribution < 1.29 is 23.6 Å². The fraction of sp³-hybridized carbons (Fsp3) is 0.100. The smallest absolute Gasteiger partial charge is 0.360 e. The lowest BCUT2D eigenvalue weighted by molar-refractivity contribution is -0.384. The van der Waals surface area contributed by atoms with Crippen LogP contribution in [0.1, 0.15) is 27.8 Å². The number of esters is 1. The number of benzene rings is 2. The summed E-state index contributed by atoms with van der Waals surface area (Å²) in [6, 6.07) is 10.7. The summed E-state index contributed by atoms with van der Waals surface area (Å²) in [5.74, 6) is -2.23. The third-order valence-corrected chi connectivity index (χ3v) is 4.04. The largest absolute Gasteiger partial charge is 0.461 e. The van der Waals surface area contributed by atoms with Gasteiger partial charge in [0.1, 0.15) is 5.82 Å². The highest BCUT2D eigenvalue weighted by molar-refractivity contribution is 6.07. The topological polar surface area (TPSA) is 133 Å². The van der Waals surface area contributed by atoms with Gasteiger partial charge in [-0.25, -0.2) is 9.18 Å². The number of ether oxygens (including phenoxy) is 1. The van der Waals surface area contributed by atoms with Crippen molar-refractivity contribution in [3.05, 3.63) is 92.1 Å². The second-order valence-corrected chi connectivity index (χ2v) is 6.12. The first-order chi connectivity index (χ1) is 14.8. The molecule has 2 aromatic carbocycles. The fourth-order valence-electron chi connectivity index (χ4n) is 2.62. The van der Waals surface area contributed by atoms with Crippen LogP contribution in [0.25, 0.3) is 5.69 Å². The molecule has 0 unspecified atom stereocenters. The molecule has 0 atom stereocenters. The first-order valence-corrected chi connectivity index (χ1v) is 8.93. The van der Waals surface area contributed by atoms with Crippen molar-refractivity contribution in [1.29, 1.82) is 0 Å². The Kier molecular flexibility index (Phi) is 6.15. The molecular formula is C20H15FN4O6. The molecule has 11 heteroatoms. The third kappa shape index (κ3) is 4.78. The number of nitro benzene ring substituents is 1. The van der Waals surface area contributed by atoms with E-state index in [9.17, 15) is 28.9 Å². The Hall–Kier alpha value is -4.41. The number of hydrogen-bond donors (Lipinski definition) is 1. The van der Waals surface area contributed by atoms with Crippen LogP contribution in [0.3, 0.4) is 0 Å². The van der Waals surface area contributed by atoms with Gasteiger partial charge in [-0.05, 0) is 37.3 Å². The predicted molar refractivity (Wildman–Crippen MR) is 107 cm³/mol. The number of nitrogens with one attached hydrogen (secondary N) is 1. The normalized spacial score (nSPS) is 10.4. The summed E-state index contributed by atoms with van der Waals surface area (Å²) in [5.41, 5.74) is -1.50. The van der Waals surface area contributed by atoms with Gasteiger partial charge < -0.3 is 10.1 Å². The molecule has 0 aliphatic rings. The van der Waals surface area contributed by atoms with Crippen LogP contribution in [-0.4, -0.2) is 33.2 Å². The Bertz CT molecular complexity index is 1220. The minimum absolute atomic E-state index is 0.00839. The number of rotatable bonds is 6. The number of nitrogens with zero attached hydrogens (tertiary/aromatic N) is 3. The lowest BCUT2D eigenvalue weighted by atomic mass is 10.2. The van der Waals surface area contributed by atoms with Crippen molar-refractivity contribution in [3.8, 4) is 5.69 Å². The summed E-state index contributed by atoms with van der Waals surface area (Å²) < 4.78 is 19.0. The van der Waals surface area contributed by atoms with Crippen molar-refractivity contribution in [1.82, 2.24) is 9.78 Å². The van der Waals surface area contributed by atoms with Crippen LogP contribution < -0.4 is 10.9 Å². The Morgan fingerprint density at radius 1 is 1.19 bits per heavy atom. The predicted octanol–water partition coefficient (Wildman–Crippen LogP) is 2.71. The maximum atomic E-state index is 13.2. The average molecular weight is 426 g/mol. The number of aromatic nitrogens is 2. The van der Waals surface area contributed by atoms with Gasteiger partial charge in [-0.2, -0.15) is 9.78 Å². The molecule has 0 spiro atoms. The zero-order valence-electron chi connectivity index (χ0n) is 16.1. The highest BCUT2D eigenvalue weighted by Crippen LogP contribution is 2.18. The van der Waals surface area contributed by atoms with Crippen LogP contribution in [0.4, 0.5) is 15.8 Å². The standard InChI is InChI=1S/C20H15FN4O6/c1-2-31-20(28)18-16(22-19(27)12-4-3-5-15(10-12)25(29)30)11-17(26)24(23-18)14-8-6-13(21)7-9-14/h3-11H,2H2,1H3,(H,22,27). The number of carbonyl (C=O) groups excluding carboxylic acids is 2.